The fourth-order valence-electron chi connectivity index (χ4n) is 2.28. The van der Waals surface area contributed by atoms with Gasteiger partial charge in [-0.3, -0.25) is 0 Å². The molecule has 1 heterocycles. The van der Waals surface area contributed by atoms with Gasteiger partial charge < -0.3 is 0 Å². The van der Waals surface area contributed by atoms with E-state index in [0.717, 1.165) is 16.0 Å². The third-order valence-electron chi connectivity index (χ3n) is 3.26. The number of hydrogen-bond acceptors (Lipinski definition) is 3. The molecule has 0 aliphatic heterocycles. The number of sulfonamides is 1. The van der Waals surface area contributed by atoms with Crippen LogP contribution in [0.5, 0.6) is 0 Å². The molecular weight excluding hydrogens is 321 g/mol. The van der Waals surface area contributed by atoms with Gasteiger partial charge in [0.1, 0.15) is 5.82 Å². The lowest BCUT2D eigenvalue weighted by Gasteiger charge is -2.09. The van der Waals surface area contributed by atoms with Crippen LogP contribution in [0, 0.1) is 5.82 Å². The molecule has 0 unspecified atom stereocenters. The summed E-state index contributed by atoms with van der Waals surface area (Å²) in [4.78, 5) is 0.872. The maximum atomic E-state index is 13.1. The van der Waals surface area contributed by atoms with Gasteiger partial charge >= 0.3 is 0 Å². The SMILES string of the molecule is NS(=O)(=O)c1ccccc1-c1sccc1-c1ccc(F)cc1. The Balaban J connectivity index is 2.20. The smallest absolute Gasteiger partial charge is 0.225 e. The fourth-order valence-corrected chi connectivity index (χ4v) is 4.04. The molecule has 22 heavy (non-hydrogen) atoms. The largest absolute Gasteiger partial charge is 0.238 e. The second-order valence-electron chi connectivity index (χ2n) is 4.71. The molecule has 0 aliphatic carbocycles. The summed E-state index contributed by atoms with van der Waals surface area (Å²) in [5, 5.41) is 7.17. The molecule has 2 N–H and O–H groups in total. The standard InChI is InChI=1S/C16H12FNO2S2/c17-12-7-5-11(6-8-12)13-9-10-21-16(13)14-3-1-2-4-15(14)22(18,19)20/h1-10H,(H2,18,19,20). The summed E-state index contributed by atoms with van der Waals surface area (Å²) >= 11 is 1.42. The van der Waals surface area contributed by atoms with Crippen LogP contribution in [0.25, 0.3) is 21.6 Å². The van der Waals surface area contributed by atoms with Crippen LogP contribution >= 0.6 is 11.3 Å². The topological polar surface area (TPSA) is 60.2 Å². The van der Waals surface area contributed by atoms with Crippen molar-refractivity contribution in [1.82, 2.24) is 0 Å². The predicted molar refractivity (Wildman–Crippen MR) is 86.5 cm³/mol. The summed E-state index contributed by atoms with van der Waals surface area (Å²) in [5.74, 6) is -0.314. The van der Waals surface area contributed by atoms with Gasteiger partial charge in [-0.15, -0.1) is 11.3 Å². The molecule has 3 rings (SSSR count). The highest BCUT2D eigenvalue weighted by Crippen LogP contribution is 2.39. The Morgan fingerprint density at radius 3 is 2.27 bits per heavy atom. The van der Waals surface area contributed by atoms with Gasteiger partial charge in [0.25, 0.3) is 0 Å². The molecule has 112 valence electrons. The van der Waals surface area contributed by atoms with Crippen LogP contribution in [0.3, 0.4) is 0 Å². The summed E-state index contributed by atoms with van der Waals surface area (Å²) < 4.78 is 36.6. The lowest BCUT2D eigenvalue weighted by Crippen LogP contribution is -2.13. The first-order valence-electron chi connectivity index (χ1n) is 6.42. The van der Waals surface area contributed by atoms with E-state index >= 15 is 0 Å². The third-order valence-corrected chi connectivity index (χ3v) is 5.18. The van der Waals surface area contributed by atoms with Crippen molar-refractivity contribution in [2.24, 2.45) is 5.14 Å². The fraction of sp³-hybridized carbons (Fsp3) is 0. The Morgan fingerprint density at radius 1 is 0.909 bits per heavy atom. The Kier molecular flexibility index (Phi) is 3.82. The van der Waals surface area contributed by atoms with E-state index in [4.69, 9.17) is 5.14 Å². The molecule has 1 aromatic heterocycles. The first-order valence-corrected chi connectivity index (χ1v) is 8.85. The molecule has 0 fully saturated rings. The van der Waals surface area contributed by atoms with Crippen molar-refractivity contribution >= 4 is 21.4 Å². The van der Waals surface area contributed by atoms with Crippen molar-refractivity contribution in [1.29, 1.82) is 0 Å². The summed E-state index contributed by atoms with van der Waals surface area (Å²) in [6.07, 6.45) is 0. The lowest BCUT2D eigenvalue weighted by atomic mass is 10.0. The van der Waals surface area contributed by atoms with Crippen LogP contribution in [-0.2, 0) is 10.0 Å². The maximum absolute atomic E-state index is 13.1. The number of benzene rings is 2. The highest BCUT2D eigenvalue weighted by molar-refractivity contribution is 7.89. The van der Waals surface area contributed by atoms with E-state index in [9.17, 15) is 12.8 Å². The summed E-state index contributed by atoms with van der Waals surface area (Å²) in [5.41, 5.74) is 2.22. The van der Waals surface area contributed by atoms with Gasteiger partial charge in [0.05, 0.1) is 4.90 Å². The zero-order valence-corrected chi connectivity index (χ0v) is 13.0. The number of thiophene rings is 1. The van der Waals surface area contributed by atoms with Crippen LogP contribution < -0.4 is 5.14 Å². The molecule has 3 nitrogen and oxygen atoms in total. The Bertz CT molecular complexity index is 915. The van der Waals surface area contributed by atoms with E-state index < -0.39 is 10.0 Å². The van der Waals surface area contributed by atoms with Crippen molar-refractivity contribution in [2.45, 2.75) is 4.90 Å². The van der Waals surface area contributed by atoms with E-state index in [1.165, 1.54) is 29.5 Å². The summed E-state index contributed by atoms with van der Waals surface area (Å²) in [7, 11) is -3.82. The zero-order valence-electron chi connectivity index (χ0n) is 11.4. The molecule has 6 heteroatoms. The van der Waals surface area contributed by atoms with Gasteiger partial charge in [-0.2, -0.15) is 0 Å². The van der Waals surface area contributed by atoms with Crippen LogP contribution in [0.2, 0.25) is 0 Å². The number of primary sulfonamides is 1. The third kappa shape index (κ3) is 2.81. The van der Waals surface area contributed by atoms with Crippen molar-refractivity contribution in [3.8, 4) is 21.6 Å². The molecular formula is C16H12FNO2S2. The summed E-state index contributed by atoms with van der Waals surface area (Å²) in [6.45, 7) is 0. The predicted octanol–water partition coefficient (Wildman–Crippen LogP) is 3.87. The second-order valence-corrected chi connectivity index (χ2v) is 7.16. The van der Waals surface area contributed by atoms with Crippen LogP contribution in [0.15, 0.2) is 64.9 Å². The minimum absolute atomic E-state index is 0.0841. The van der Waals surface area contributed by atoms with Gasteiger partial charge in [0.15, 0.2) is 0 Å². The highest BCUT2D eigenvalue weighted by Gasteiger charge is 2.18. The second kappa shape index (κ2) is 5.64. The van der Waals surface area contributed by atoms with Gasteiger partial charge in [-0.1, -0.05) is 30.3 Å². The summed E-state index contributed by atoms with van der Waals surface area (Å²) in [6, 6.07) is 14.6. The van der Waals surface area contributed by atoms with Crippen molar-refractivity contribution < 1.29 is 12.8 Å². The molecule has 0 spiro atoms. The number of hydrogen-bond donors (Lipinski definition) is 1. The number of rotatable bonds is 3. The van der Waals surface area contributed by atoms with E-state index in [2.05, 4.69) is 0 Å². The van der Waals surface area contributed by atoms with Crippen LogP contribution in [0.4, 0.5) is 4.39 Å². The Hall–Kier alpha value is -2.02. The number of halogens is 1. The molecule has 0 aliphatic rings. The molecule has 0 atom stereocenters. The quantitative estimate of drug-likeness (QED) is 0.791. The van der Waals surface area contributed by atoms with Crippen molar-refractivity contribution in [3.63, 3.8) is 0 Å². The average molecular weight is 333 g/mol. The van der Waals surface area contributed by atoms with Crippen molar-refractivity contribution in [3.05, 3.63) is 65.8 Å². The molecule has 0 amide bonds. The van der Waals surface area contributed by atoms with E-state index in [1.807, 2.05) is 11.4 Å². The van der Waals surface area contributed by atoms with Crippen molar-refractivity contribution in [2.75, 3.05) is 0 Å². The Morgan fingerprint density at radius 2 is 1.59 bits per heavy atom. The highest BCUT2D eigenvalue weighted by atomic mass is 32.2. The van der Waals surface area contributed by atoms with Gasteiger partial charge in [-0.05, 0) is 35.2 Å². The van der Waals surface area contributed by atoms with E-state index in [-0.39, 0.29) is 10.7 Å². The monoisotopic (exact) mass is 333 g/mol. The molecule has 0 bridgehead atoms. The lowest BCUT2D eigenvalue weighted by molar-refractivity contribution is 0.598. The molecule has 2 aromatic carbocycles. The minimum Gasteiger partial charge on any atom is -0.225 e. The van der Waals surface area contributed by atoms with E-state index in [1.54, 1.807) is 30.3 Å². The van der Waals surface area contributed by atoms with Gasteiger partial charge in [0.2, 0.25) is 10.0 Å². The maximum Gasteiger partial charge on any atom is 0.238 e. The normalized spacial score (nSPS) is 11.5. The molecule has 0 radical (unpaired) electrons. The van der Waals surface area contributed by atoms with Gasteiger partial charge in [0, 0.05) is 16.0 Å². The number of nitrogens with two attached hydrogens (primary N) is 1. The first-order chi connectivity index (χ1) is 10.5. The van der Waals surface area contributed by atoms with Crippen LogP contribution in [-0.4, -0.2) is 8.42 Å². The minimum atomic E-state index is -3.82. The molecule has 0 saturated heterocycles. The van der Waals surface area contributed by atoms with Gasteiger partial charge in [-0.25, -0.2) is 17.9 Å². The average Bonchev–Trinajstić information content (AvgIpc) is 2.96. The molecule has 0 saturated carbocycles. The van der Waals surface area contributed by atoms with E-state index in [0.29, 0.717) is 5.56 Å². The first kappa shape index (κ1) is 14.9. The van der Waals surface area contributed by atoms with Crippen LogP contribution in [0.1, 0.15) is 0 Å². The zero-order chi connectivity index (χ0) is 15.7. The Labute approximate surface area is 131 Å². The molecule has 3 aromatic rings.